The first-order valence-electron chi connectivity index (χ1n) is 9.48. The highest BCUT2D eigenvalue weighted by atomic mass is 35.5. The van der Waals surface area contributed by atoms with Gasteiger partial charge in [-0.05, 0) is 51.4 Å². The third-order valence-corrected chi connectivity index (χ3v) is 8.90. The smallest absolute Gasteiger partial charge is 0.130 e. The van der Waals surface area contributed by atoms with Crippen LogP contribution in [0.25, 0.3) is 0 Å². The van der Waals surface area contributed by atoms with E-state index in [0.717, 1.165) is 25.7 Å². The van der Waals surface area contributed by atoms with Crippen LogP contribution in [0.15, 0.2) is 4.99 Å². The lowest BCUT2D eigenvalue weighted by molar-refractivity contribution is -0.0369. The predicted octanol–water partition coefficient (Wildman–Crippen LogP) is 3.66. The monoisotopic (exact) mass is 374 g/mol. The van der Waals surface area contributed by atoms with Crippen molar-refractivity contribution in [3.05, 3.63) is 0 Å². The van der Waals surface area contributed by atoms with E-state index in [0.29, 0.717) is 23.9 Å². The standard InChI is InChI=1S/C18H28ClFN2OS/c19-10-4-6-15-13(8-10)18(23,17(21)22-15)14-9-11(20)5-7-16(14)24-12-2-1-3-12/h10-16,23H,1-9H2,(H2,21,22). The summed E-state index contributed by atoms with van der Waals surface area (Å²) in [6.45, 7) is 0. The third-order valence-electron chi connectivity index (χ3n) is 6.74. The fourth-order valence-corrected chi connectivity index (χ4v) is 7.34. The van der Waals surface area contributed by atoms with Gasteiger partial charge in [0, 0.05) is 27.7 Å². The van der Waals surface area contributed by atoms with Gasteiger partial charge >= 0.3 is 0 Å². The molecule has 0 radical (unpaired) electrons. The number of nitrogens with two attached hydrogens (primary N) is 1. The van der Waals surface area contributed by atoms with Crippen molar-refractivity contribution in [3.8, 4) is 0 Å². The lowest BCUT2D eigenvalue weighted by Gasteiger charge is -2.48. The molecule has 24 heavy (non-hydrogen) atoms. The van der Waals surface area contributed by atoms with E-state index in [1.54, 1.807) is 0 Å². The maximum atomic E-state index is 14.3. The Kier molecular flexibility index (Phi) is 4.81. The maximum Gasteiger partial charge on any atom is 0.130 e. The average Bonchev–Trinajstić information content (AvgIpc) is 2.76. The van der Waals surface area contributed by atoms with Gasteiger partial charge in [-0.15, -0.1) is 11.6 Å². The summed E-state index contributed by atoms with van der Waals surface area (Å²) in [5, 5.41) is 12.7. The first kappa shape index (κ1) is 17.4. The Morgan fingerprint density at radius 3 is 2.62 bits per heavy atom. The van der Waals surface area contributed by atoms with E-state index in [1.807, 2.05) is 11.8 Å². The van der Waals surface area contributed by atoms with Crippen LogP contribution in [0.4, 0.5) is 4.39 Å². The molecule has 0 aromatic heterocycles. The number of fused-ring (bicyclic) bond motifs is 1. The third kappa shape index (κ3) is 2.88. The van der Waals surface area contributed by atoms with E-state index in [1.165, 1.54) is 19.3 Å². The summed E-state index contributed by atoms with van der Waals surface area (Å²) in [6.07, 6.45) is 7.38. The van der Waals surface area contributed by atoms with E-state index in [9.17, 15) is 9.50 Å². The molecule has 136 valence electrons. The van der Waals surface area contributed by atoms with Gasteiger partial charge in [-0.2, -0.15) is 11.8 Å². The normalized spacial score (nSPS) is 49.4. The number of alkyl halides is 2. The molecule has 0 aromatic rings. The van der Waals surface area contributed by atoms with Gasteiger partial charge in [0.1, 0.15) is 17.6 Å². The summed E-state index contributed by atoms with van der Waals surface area (Å²) in [4.78, 5) is 4.60. The Labute approximate surface area is 153 Å². The van der Waals surface area contributed by atoms with Gasteiger partial charge in [-0.3, -0.25) is 4.99 Å². The largest absolute Gasteiger partial charge is 0.385 e. The number of nitrogens with zero attached hydrogens (tertiary/aromatic N) is 1. The molecule has 0 spiro atoms. The topological polar surface area (TPSA) is 58.6 Å². The lowest BCUT2D eigenvalue weighted by atomic mass is 9.65. The van der Waals surface area contributed by atoms with Crippen LogP contribution in [0.1, 0.15) is 57.8 Å². The number of aliphatic hydroxyl groups is 1. The van der Waals surface area contributed by atoms with Gasteiger partial charge in [0.2, 0.25) is 0 Å². The van der Waals surface area contributed by atoms with Crippen LogP contribution >= 0.6 is 23.4 Å². The maximum absolute atomic E-state index is 14.3. The molecule has 0 aromatic carbocycles. The van der Waals surface area contributed by atoms with Gasteiger partial charge in [-0.25, -0.2) is 4.39 Å². The van der Waals surface area contributed by atoms with Gasteiger partial charge < -0.3 is 10.8 Å². The van der Waals surface area contributed by atoms with E-state index >= 15 is 0 Å². The zero-order valence-electron chi connectivity index (χ0n) is 14.0. The summed E-state index contributed by atoms with van der Waals surface area (Å²) in [7, 11) is 0. The Hall–Kier alpha value is -0.0000000000000000555. The van der Waals surface area contributed by atoms with Gasteiger partial charge in [0.15, 0.2) is 0 Å². The van der Waals surface area contributed by atoms with Crippen LogP contribution in [0.5, 0.6) is 0 Å². The molecule has 4 aliphatic rings. The molecule has 7 unspecified atom stereocenters. The quantitative estimate of drug-likeness (QED) is 0.741. The van der Waals surface area contributed by atoms with Crippen molar-refractivity contribution in [1.82, 2.24) is 0 Å². The van der Waals surface area contributed by atoms with E-state index < -0.39 is 11.8 Å². The van der Waals surface area contributed by atoms with Crippen molar-refractivity contribution in [2.75, 3.05) is 0 Å². The second kappa shape index (κ2) is 6.62. The predicted molar refractivity (Wildman–Crippen MR) is 98.6 cm³/mol. The van der Waals surface area contributed by atoms with Gasteiger partial charge in [0.25, 0.3) is 0 Å². The number of thioether (sulfide) groups is 1. The Balaban J connectivity index is 1.60. The van der Waals surface area contributed by atoms with E-state index in [4.69, 9.17) is 17.3 Å². The molecule has 1 heterocycles. The van der Waals surface area contributed by atoms with Crippen LogP contribution in [-0.4, -0.2) is 44.6 Å². The molecule has 3 fully saturated rings. The number of hydrogen-bond acceptors (Lipinski definition) is 4. The van der Waals surface area contributed by atoms with Crippen molar-refractivity contribution >= 4 is 29.2 Å². The molecule has 3 saturated carbocycles. The van der Waals surface area contributed by atoms with Crippen molar-refractivity contribution in [3.63, 3.8) is 0 Å². The van der Waals surface area contributed by atoms with Crippen molar-refractivity contribution < 1.29 is 9.50 Å². The highest BCUT2D eigenvalue weighted by Crippen LogP contribution is 2.52. The van der Waals surface area contributed by atoms with Crippen LogP contribution in [0, 0.1) is 11.8 Å². The number of amidine groups is 1. The molecule has 0 bridgehead atoms. The van der Waals surface area contributed by atoms with E-state index in [2.05, 4.69) is 4.99 Å². The minimum absolute atomic E-state index is 0.0338. The molecule has 1 aliphatic heterocycles. The summed E-state index contributed by atoms with van der Waals surface area (Å²) in [5.41, 5.74) is 5.10. The van der Waals surface area contributed by atoms with Crippen LogP contribution in [0.3, 0.4) is 0 Å². The van der Waals surface area contributed by atoms with E-state index in [-0.39, 0.29) is 28.5 Å². The molecular weight excluding hydrogens is 347 g/mol. The average molecular weight is 375 g/mol. The number of halogens is 2. The second-order valence-corrected chi connectivity index (χ2v) is 10.3. The summed E-state index contributed by atoms with van der Waals surface area (Å²) in [5.74, 6) is 0.183. The van der Waals surface area contributed by atoms with Gasteiger partial charge in [-0.1, -0.05) is 6.42 Å². The molecule has 0 amide bonds. The zero-order valence-corrected chi connectivity index (χ0v) is 15.6. The molecule has 3 N–H and O–H groups in total. The Bertz CT molecular complexity index is 517. The number of hydrogen-bond donors (Lipinski definition) is 2. The van der Waals surface area contributed by atoms with Gasteiger partial charge in [0.05, 0.1) is 6.04 Å². The summed E-state index contributed by atoms with van der Waals surface area (Å²) in [6, 6.07) is 0.0688. The fourth-order valence-electron chi connectivity index (χ4n) is 5.14. The Morgan fingerprint density at radius 2 is 1.92 bits per heavy atom. The molecule has 3 nitrogen and oxygen atoms in total. The van der Waals surface area contributed by atoms with Crippen LogP contribution < -0.4 is 5.73 Å². The number of rotatable bonds is 3. The molecule has 7 atom stereocenters. The SMILES string of the molecule is NC1=NC2CCC(Cl)CC2C1(O)C1CC(F)CCC1SC1CCC1. The summed E-state index contributed by atoms with van der Waals surface area (Å²) < 4.78 is 14.3. The second-order valence-electron chi connectivity index (χ2n) is 8.17. The highest BCUT2D eigenvalue weighted by Gasteiger charge is 2.58. The molecule has 3 aliphatic carbocycles. The zero-order chi connectivity index (χ0) is 16.9. The van der Waals surface area contributed by atoms with Crippen LogP contribution in [-0.2, 0) is 0 Å². The van der Waals surface area contributed by atoms with Crippen molar-refractivity contribution in [1.29, 1.82) is 0 Å². The molecular formula is C18H28ClFN2OS. The Morgan fingerprint density at radius 1 is 1.12 bits per heavy atom. The van der Waals surface area contributed by atoms with Crippen LogP contribution in [0.2, 0.25) is 0 Å². The minimum Gasteiger partial charge on any atom is -0.385 e. The molecule has 0 saturated heterocycles. The highest BCUT2D eigenvalue weighted by molar-refractivity contribution is 8.00. The first-order valence-corrected chi connectivity index (χ1v) is 10.9. The fraction of sp³-hybridized carbons (Fsp3) is 0.944. The molecule has 6 heteroatoms. The van der Waals surface area contributed by atoms with Crippen molar-refractivity contribution in [2.24, 2.45) is 22.6 Å². The first-order chi connectivity index (χ1) is 11.5. The van der Waals surface area contributed by atoms with Crippen molar-refractivity contribution in [2.45, 2.75) is 91.5 Å². The summed E-state index contributed by atoms with van der Waals surface area (Å²) >= 11 is 8.37. The lowest BCUT2D eigenvalue weighted by Crippen LogP contribution is -2.59. The minimum atomic E-state index is -1.16. The molecule has 4 rings (SSSR count). The number of aliphatic imine (C=N–C) groups is 1.